The first-order valence-electron chi connectivity index (χ1n) is 4.46. The molecule has 0 bridgehead atoms. The van der Waals surface area contributed by atoms with Gasteiger partial charge in [0, 0.05) is 0 Å². The van der Waals surface area contributed by atoms with Crippen LogP contribution in [0.5, 0.6) is 5.75 Å². The van der Waals surface area contributed by atoms with E-state index in [9.17, 15) is 13.2 Å². The minimum atomic E-state index is -4.76. The van der Waals surface area contributed by atoms with Gasteiger partial charge in [-0.2, -0.15) is 5.10 Å². The molecule has 0 aliphatic rings. The summed E-state index contributed by atoms with van der Waals surface area (Å²) in [5.74, 6) is -0.443. The van der Waals surface area contributed by atoms with E-state index in [1.54, 1.807) is 0 Å². The molecule has 2 N–H and O–H groups in total. The number of nitrogens with zero attached hydrogens (tertiary/aromatic N) is 3. The van der Waals surface area contributed by atoms with Crippen molar-refractivity contribution in [2.45, 2.75) is 6.36 Å². The van der Waals surface area contributed by atoms with Gasteiger partial charge < -0.3 is 10.5 Å². The van der Waals surface area contributed by atoms with Crippen molar-refractivity contribution in [3.05, 3.63) is 30.9 Å². The highest BCUT2D eigenvalue weighted by Gasteiger charge is 2.31. The Labute approximate surface area is 93.6 Å². The fourth-order valence-electron chi connectivity index (χ4n) is 1.24. The Hall–Kier alpha value is -2.25. The van der Waals surface area contributed by atoms with Gasteiger partial charge in [-0.15, -0.1) is 13.2 Å². The molecule has 5 nitrogen and oxygen atoms in total. The van der Waals surface area contributed by atoms with Crippen LogP contribution in [0.25, 0.3) is 5.69 Å². The third kappa shape index (κ3) is 2.65. The summed E-state index contributed by atoms with van der Waals surface area (Å²) in [6.07, 6.45) is -2.06. The number of alkyl halides is 3. The number of hydrogen-bond donors (Lipinski definition) is 1. The van der Waals surface area contributed by atoms with Crippen molar-refractivity contribution in [3.8, 4) is 11.4 Å². The van der Waals surface area contributed by atoms with Gasteiger partial charge in [0.2, 0.25) is 0 Å². The molecule has 0 amide bonds. The Bertz CT molecular complexity index is 509. The highest BCUT2D eigenvalue weighted by atomic mass is 19.4. The largest absolute Gasteiger partial charge is 0.573 e. The van der Waals surface area contributed by atoms with Crippen LogP contribution in [0, 0.1) is 0 Å². The number of nitrogens with two attached hydrogens (primary N) is 1. The maximum Gasteiger partial charge on any atom is 0.573 e. The van der Waals surface area contributed by atoms with E-state index in [1.807, 2.05) is 0 Å². The molecule has 0 radical (unpaired) electrons. The molecule has 17 heavy (non-hydrogen) atoms. The van der Waals surface area contributed by atoms with Gasteiger partial charge >= 0.3 is 6.36 Å². The van der Waals surface area contributed by atoms with Gasteiger partial charge in [0.05, 0.1) is 11.4 Å². The first-order chi connectivity index (χ1) is 7.96. The molecule has 90 valence electrons. The summed E-state index contributed by atoms with van der Waals surface area (Å²) in [5.41, 5.74) is 5.81. The lowest BCUT2D eigenvalue weighted by Gasteiger charge is -2.11. The zero-order valence-electron chi connectivity index (χ0n) is 8.35. The van der Waals surface area contributed by atoms with Crippen LogP contribution in [0.2, 0.25) is 0 Å². The summed E-state index contributed by atoms with van der Waals surface area (Å²) in [5, 5.41) is 3.82. The number of hydrogen-bond acceptors (Lipinski definition) is 4. The molecule has 0 atom stereocenters. The number of aromatic nitrogens is 3. The van der Waals surface area contributed by atoms with Crippen LogP contribution >= 0.6 is 0 Å². The second-order valence-corrected chi connectivity index (χ2v) is 3.11. The summed E-state index contributed by atoms with van der Waals surface area (Å²) in [7, 11) is 0. The number of benzene rings is 1. The topological polar surface area (TPSA) is 66.0 Å². The van der Waals surface area contributed by atoms with Crippen LogP contribution in [0.15, 0.2) is 30.9 Å². The molecule has 1 heterocycles. The first-order valence-corrected chi connectivity index (χ1v) is 4.46. The Kier molecular flexibility index (Phi) is 2.62. The van der Waals surface area contributed by atoms with Crippen molar-refractivity contribution in [2.75, 3.05) is 5.73 Å². The minimum Gasteiger partial charge on any atom is -0.404 e. The molecule has 1 aromatic heterocycles. The number of halogens is 3. The molecule has 0 aliphatic carbocycles. The lowest BCUT2D eigenvalue weighted by Crippen LogP contribution is -2.18. The maximum absolute atomic E-state index is 12.0. The van der Waals surface area contributed by atoms with Gasteiger partial charge in [0.15, 0.2) is 5.75 Å². The van der Waals surface area contributed by atoms with E-state index in [2.05, 4.69) is 14.8 Å². The fourth-order valence-corrected chi connectivity index (χ4v) is 1.24. The van der Waals surface area contributed by atoms with E-state index in [0.717, 1.165) is 6.07 Å². The van der Waals surface area contributed by atoms with E-state index in [4.69, 9.17) is 5.73 Å². The van der Waals surface area contributed by atoms with Gasteiger partial charge in [-0.05, 0) is 18.2 Å². The smallest absolute Gasteiger partial charge is 0.404 e. The second-order valence-electron chi connectivity index (χ2n) is 3.11. The van der Waals surface area contributed by atoms with Crippen molar-refractivity contribution in [1.82, 2.24) is 14.8 Å². The Morgan fingerprint density at radius 1 is 1.29 bits per heavy atom. The summed E-state index contributed by atoms with van der Waals surface area (Å²) < 4.78 is 41.1. The van der Waals surface area contributed by atoms with E-state index in [1.165, 1.54) is 29.5 Å². The molecule has 2 rings (SSSR count). The van der Waals surface area contributed by atoms with Gasteiger partial charge in [-0.25, -0.2) is 9.67 Å². The first kappa shape index (κ1) is 11.2. The molecule has 0 unspecified atom stereocenters. The lowest BCUT2D eigenvalue weighted by atomic mass is 10.2. The van der Waals surface area contributed by atoms with E-state index in [0.29, 0.717) is 5.69 Å². The molecule has 2 aromatic rings. The number of ether oxygens (including phenoxy) is 1. The predicted molar refractivity (Wildman–Crippen MR) is 52.5 cm³/mol. The molecule has 0 spiro atoms. The molecule has 0 saturated carbocycles. The van der Waals surface area contributed by atoms with Crippen molar-refractivity contribution in [1.29, 1.82) is 0 Å². The fraction of sp³-hybridized carbons (Fsp3) is 0.111. The minimum absolute atomic E-state index is 0.129. The molecule has 0 fully saturated rings. The van der Waals surface area contributed by atoms with Gasteiger partial charge in [0.25, 0.3) is 0 Å². The molecule has 8 heteroatoms. The number of nitrogen functional groups attached to an aromatic ring is 1. The standard InChI is InChI=1S/C9H7F3N4O/c10-9(11,12)17-8-2-1-6(3-7(8)13)16-5-14-4-15-16/h1-5H,13H2. The van der Waals surface area contributed by atoms with Gasteiger partial charge in [-0.3, -0.25) is 0 Å². The quantitative estimate of drug-likeness (QED) is 0.817. The Morgan fingerprint density at radius 2 is 2.06 bits per heavy atom. The summed E-state index contributed by atoms with van der Waals surface area (Å²) in [6.45, 7) is 0. The summed E-state index contributed by atoms with van der Waals surface area (Å²) in [4.78, 5) is 3.71. The van der Waals surface area contributed by atoms with Crippen LogP contribution in [0.4, 0.5) is 18.9 Å². The Balaban J connectivity index is 2.29. The zero-order valence-corrected chi connectivity index (χ0v) is 8.35. The zero-order chi connectivity index (χ0) is 12.5. The normalized spacial score (nSPS) is 11.5. The highest BCUT2D eigenvalue weighted by Crippen LogP contribution is 2.29. The van der Waals surface area contributed by atoms with E-state index < -0.39 is 12.1 Å². The van der Waals surface area contributed by atoms with Crippen molar-refractivity contribution < 1.29 is 17.9 Å². The summed E-state index contributed by atoms with van der Waals surface area (Å²) >= 11 is 0. The molecule has 0 saturated heterocycles. The van der Waals surface area contributed by atoms with Crippen molar-refractivity contribution in [2.24, 2.45) is 0 Å². The van der Waals surface area contributed by atoms with E-state index >= 15 is 0 Å². The molecular formula is C9H7F3N4O. The van der Waals surface area contributed by atoms with Crippen LogP contribution in [-0.2, 0) is 0 Å². The second kappa shape index (κ2) is 3.96. The average molecular weight is 244 g/mol. The van der Waals surface area contributed by atoms with Crippen LogP contribution < -0.4 is 10.5 Å². The SMILES string of the molecule is Nc1cc(-n2cncn2)ccc1OC(F)(F)F. The van der Waals surface area contributed by atoms with E-state index in [-0.39, 0.29) is 5.69 Å². The Morgan fingerprint density at radius 3 is 2.59 bits per heavy atom. The predicted octanol–water partition coefficient (Wildman–Crippen LogP) is 1.75. The molecule has 1 aromatic carbocycles. The third-order valence-corrected chi connectivity index (χ3v) is 1.90. The lowest BCUT2D eigenvalue weighted by molar-refractivity contribution is -0.274. The van der Waals surface area contributed by atoms with Gasteiger partial charge in [0.1, 0.15) is 12.7 Å². The van der Waals surface area contributed by atoms with Crippen LogP contribution in [-0.4, -0.2) is 21.1 Å². The average Bonchev–Trinajstić information content (AvgIpc) is 2.72. The highest BCUT2D eigenvalue weighted by molar-refractivity contribution is 5.58. The maximum atomic E-state index is 12.0. The van der Waals surface area contributed by atoms with Crippen molar-refractivity contribution in [3.63, 3.8) is 0 Å². The summed E-state index contributed by atoms with van der Waals surface area (Å²) in [6, 6.07) is 3.84. The molecular weight excluding hydrogens is 237 g/mol. The van der Waals surface area contributed by atoms with Crippen LogP contribution in [0.1, 0.15) is 0 Å². The third-order valence-electron chi connectivity index (χ3n) is 1.90. The molecule has 0 aliphatic heterocycles. The number of anilines is 1. The van der Waals surface area contributed by atoms with Gasteiger partial charge in [-0.1, -0.05) is 0 Å². The number of rotatable bonds is 2. The van der Waals surface area contributed by atoms with Crippen molar-refractivity contribution >= 4 is 5.69 Å². The monoisotopic (exact) mass is 244 g/mol. The van der Waals surface area contributed by atoms with Crippen LogP contribution in [0.3, 0.4) is 0 Å².